The number of hydrogen-bond acceptors (Lipinski definition) is 4. The molecule has 4 nitrogen and oxygen atoms in total. The Morgan fingerprint density at radius 2 is 1.77 bits per heavy atom. The highest BCUT2D eigenvalue weighted by atomic mass is 35.5. The summed E-state index contributed by atoms with van der Waals surface area (Å²) in [5, 5.41) is 14.7. The molecule has 0 unspecified atom stereocenters. The largest absolute Gasteiger partial charge is 0.506 e. The summed E-state index contributed by atoms with van der Waals surface area (Å²) in [4.78, 5) is 17.6. The third-order valence-electron chi connectivity index (χ3n) is 6.30. The van der Waals surface area contributed by atoms with E-state index >= 15 is 0 Å². The van der Waals surface area contributed by atoms with Gasteiger partial charge in [-0.2, -0.15) is 0 Å². The van der Waals surface area contributed by atoms with E-state index in [0.29, 0.717) is 16.6 Å². The van der Waals surface area contributed by atoms with E-state index in [2.05, 4.69) is 23.3 Å². The van der Waals surface area contributed by atoms with E-state index in [0.717, 1.165) is 46.5 Å². The Labute approximate surface area is 188 Å². The van der Waals surface area contributed by atoms with Crippen molar-refractivity contribution in [1.82, 2.24) is 4.98 Å². The molecular weight excluding hydrogens is 408 g/mol. The Balaban J connectivity index is 1.83. The average Bonchev–Trinajstić information content (AvgIpc) is 2.76. The van der Waals surface area contributed by atoms with Crippen molar-refractivity contribution in [2.45, 2.75) is 52.5 Å². The number of halogens is 1. The number of phenols is 1. The fourth-order valence-electron chi connectivity index (χ4n) is 4.32. The number of rotatable bonds is 5. The van der Waals surface area contributed by atoms with Gasteiger partial charge in [0.1, 0.15) is 5.75 Å². The minimum atomic E-state index is -0.106. The molecule has 1 aliphatic rings. The number of nitrogens with zero attached hydrogens (tertiary/aromatic N) is 1. The number of hydrogen-bond donors (Lipinski definition) is 2. The lowest BCUT2D eigenvalue weighted by Crippen LogP contribution is -2.26. The summed E-state index contributed by atoms with van der Waals surface area (Å²) in [5.41, 5.74) is 4.26. The van der Waals surface area contributed by atoms with E-state index in [4.69, 9.17) is 11.6 Å². The summed E-state index contributed by atoms with van der Waals surface area (Å²) < 4.78 is 0. The van der Waals surface area contributed by atoms with Gasteiger partial charge in [-0.15, -0.1) is 0 Å². The van der Waals surface area contributed by atoms with Gasteiger partial charge in [-0.05, 0) is 67.0 Å². The summed E-state index contributed by atoms with van der Waals surface area (Å²) in [5.74, 6) is 0.811. The fourth-order valence-corrected chi connectivity index (χ4v) is 4.50. The second-order valence-electron chi connectivity index (χ2n) is 9.07. The molecule has 31 heavy (non-hydrogen) atoms. The Hall–Kier alpha value is -2.59. The van der Waals surface area contributed by atoms with Gasteiger partial charge in [-0.3, -0.25) is 9.78 Å². The van der Waals surface area contributed by atoms with E-state index < -0.39 is 0 Å². The predicted molar refractivity (Wildman–Crippen MR) is 128 cm³/mol. The second kappa shape index (κ2) is 8.88. The fraction of sp³-hybridized carbons (Fsp3) is 0.385. The van der Waals surface area contributed by atoms with Gasteiger partial charge in [-0.25, -0.2) is 0 Å². The monoisotopic (exact) mass is 436 g/mol. The number of phenolic OH excluding ortho intramolecular Hbond substituents is 1. The first kappa shape index (κ1) is 21.6. The van der Waals surface area contributed by atoms with Crippen LogP contribution in [0.15, 0.2) is 42.6 Å². The summed E-state index contributed by atoms with van der Waals surface area (Å²) in [6.07, 6.45) is 6.33. The van der Waals surface area contributed by atoms with Gasteiger partial charge in [0.25, 0.3) is 0 Å². The van der Waals surface area contributed by atoms with Gasteiger partial charge in [0, 0.05) is 23.5 Å². The van der Waals surface area contributed by atoms with Crippen LogP contribution in [0.1, 0.15) is 56.8 Å². The lowest BCUT2D eigenvalue weighted by molar-refractivity contribution is 0.0940. The zero-order chi connectivity index (χ0) is 22.1. The van der Waals surface area contributed by atoms with Crippen LogP contribution in [-0.4, -0.2) is 21.9 Å². The first-order chi connectivity index (χ1) is 14.8. The van der Waals surface area contributed by atoms with E-state index in [1.807, 2.05) is 32.0 Å². The molecule has 1 saturated carbocycles. The lowest BCUT2D eigenvalue weighted by atomic mass is 9.87. The van der Waals surface area contributed by atoms with Gasteiger partial charge in [-0.1, -0.05) is 44.5 Å². The van der Waals surface area contributed by atoms with Crippen molar-refractivity contribution in [2.24, 2.45) is 11.8 Å². The number of benzene rings is 2. The van der Waals surface area contributed by atoms with E-state index in [1.165, 1.54) is 12.8 Å². The van der Waals surface area contributed by atoms with Crippen molar-refractivity contribution >= 4 is 34.0 Å². The molecule has 0 aliphatic heterocycles. The van der Waals surface area contributed by atoms with Crippen LogP contribution in [0, 0.1) is 11.8 Å². The smallest absolute Gasteiger partial charge is 0.169 e. The number of carbonyl (C=O) groups is 1. The minimum Gasteiger partial charge on any atom is -0.506 e. The zero-order valence-electron chi connectivity index (χ0n) is 18.3. The molecule has 0 amide bonds. The van der Waals surface area contributed by atoms with E-state index in [1.54, 1.807) is 18.3 Å². The highest BCUT2D eigenvalue weighted by molar-refractivity contribution is 6.32. The van der Waals surface area contributed by atoms with Crippen LogP contribution in [-0.2, 0) is 0 Å². The Bertz CT molecular complexity index is 1120. The van der Waals surface area contributed by atoms with Crippen LogP contribution in [0.25, 0.3) is 22.0 Å². The quantitative estimate of drug-likeness (QED) is 0.419. The van der Waals surface area contributed by atoms with Crippen LogP contribution in [0.3, 0.4) is 0 Å². The van der Waals surface area contributed by atoms with Crippen molar-refractivity contribution in [3.05, 3.63) is 53.2 Å². The number of carbonyl (C=O) groups excluding carboxylic acids is 1. The molecule has 2 N–H and O–H groups in total. The molecule has 0 saturated heterocycles. The Morgan fingerprint density at radius 1 is 1.10 bits per heavy atom. The average molecular weight is 437 g/mol. The zero-order valence-corrected chi connectivity index (χ0v) is 19.0. The van der Waals surface area contributed by atoms with Gasteiger partial charge in [0.2, 0.25) is 0 Å². The third-order valence-corrected chi connectivity index (χ3v) is 6.61. The van der Waals surface area contributed by atoms with Crippen LogP contribution in [0.2, 0.25) is 5.02 Å². The molecule has 0 atom stereocenters. The highest BCUT2D eigenvalue weighted by Crippen LogP contribution is 2.36. The normalized spacial score (nSPS) is 19.0. The molecule has 3 aromatic rings. The van der Waals surface area contributed by atoms with Crippen LogP contribution in [0.5, 0.6) is 5.75 Å². The topological polar surface area (TPSA) is 62.2 Å². The number of Topliss-reactive ketones (excluding diaryl/α,β-unsaturated/α-hetero) is 1. The SMILES string of the molecule is CC1CCC(Nc2c(C(=O)C(C)C)cnc3ccc(-c4ccc(O)c(Cl)c4)cc23)CC1. The van der Waals surface area contributed by atoms with Gasteiger partial charge in [0.05, 0.1) is 21.8 Å². The molecule has 0 spiro atoms. The molecule has 162 valence electrons. The number of nitrogens with one attached hydrogen (secondary N) is 1. The van der Waals surface area contributed by atoms with Gasteiger partial charge >= 0.3 is 0 Å². The number of fused-ring (bicyclic) bond motifs is 1. The summed E-state index contributed by atoms with van der Waals surface area (Å²) in [6.45, 7) is 6.15. The lowest BCUT2D eigenvalue weighted by Gasteiger charge is -2.29. The standard InChI is InChI=1S/C26H29ClN2O2/c1-15(2)26(31)21-14-28-23-10-6-17(18-7-11-24(30)22(27)13-18)12-20(23)25(21)29-19-8-4-16(3)5-9-19/h6-7,10-16,19,30H,4-5,8-9H2,1-3H3,(H,28,29). The maximum atomic E-state index is 13.0. The number of ketones is 1. The van der Waals surface area contributed by atoms with Crippen LogP contribution >= 0.6 is 11.6 Å². The molecule has 0 bridgehead atoms. The molecule has 0 radical (unpaired) electrons. The number of aromatic hydroxyl groups is 1. The third kappa shape index (κ3) is 4.54. The first-order valence-corrected chi connectivity index (χ1v) is 11.4. The first-order valence-electron chi connectivity index (χ1n) is 11.1. The maximum absolute atomic E-state index is 13.0. The molecule has 1 aromatic heterocycles. The molecule has 2 aromatic carbocycles. The van der Waals surface area contributed by atoms with Crippen molar-refractivity contribution in [1.29, 1.82) is 0 Å². The second-order valence-corrected chi connectivity index (χ2v) is 9.47. The molecular formula is C26H29ClN2O2. The Kier molecular flexibility index (Phi) is 6.19. The molecule has 1 heterocycles. The van der Waals surface area contributed by atoms with Crippen molar-refractivity contribution in [3.63, 3.8) is 0 Å². The summed E-state index contributed by atoms with van der Waals surface area (Å²) in [6, 6.07) is 11.6. The minimum absolute atomic E-state index is 0.0616. The van der Waals surface area contributed by atoms with Gasteiger partial charge in [0.15, 0.2) is 5.78 Å². The highest BCUT2D eigenvalue weighted by Gasteiger charge is 2.23. The van der Waals surface area contributed by atoms with E-state index in [9.17, 15) is 9.90 Å². The Morgan fingerprint density at radius 3 is 2.45 bits per heavy atom. The molecule has 1 fully saturated rings. The van der Waals surface area contributed by atoms with Gasteiger partial charge < -0.3 is 10.4 Å². The predicted octanol–water partition coefficient (Wildman–Crippen LogP) is 7.09. The van der Waals surface area contributed by atoms with Crippen molar-refractivity contribution < 1.29 is 9.90 Å². The van der Waals surface area contributed by atoms with E-state index in [-0.39, 0.29) is 17.5 Å². The molecule has 5 heteroatoms. The van der Waals surface area contributed by atoms with Crippen molar-refractivity contribution in [3.8, 4) is 16.9 Å². The van der Waals surface area contributed by atoms with Crippen LogP contribution < -0.4 is 5.32 Å². The summed E-state index contributed by atoms with van der Waals surface area (Å²) in [7, 11) is 0. The van der Waals surface area contributed by atoms with Crippen LogP contribution in [0.4, 0.5) is 5.69 Å². The van der Waals surface area contributed by atoms with Crippen molar-refractivity contribution in [2.75, 3.05) is 5.32 Å². The number of pyridine rings is 1. The molecule has 4 rings (SSSR count). The molecule has 1 aliphatic carbocycles. The summed E-state index contributed by atoms with van der Waals surface area (Å²) >= 11 is 6.14. The number of aromatic nitrogens is 1. The number of anilines is 1. The maximum Gasteiger partial charge on any atom is 0.169 e.